The van der Waals surface area contributed by atoms with E-state index < -0.39 is 6.10 Å². The summed E-state index contributed by atoms with van der Waals surface area (Å²) in [5.41, 5.74) is 3.51. The van der Waals surface area contributed by atoms with Crippen molar-refractivity contribution in [1.29, 1.82) is 0 Å². The van der Waals surface area contributed by atoms with Crippen LogP contribution in [0.5, 0.6) is 0 Å². The Hall–Kier alpha value is -1.88. The Labute approximate surface area is 140 Å². The van der Waals surface area contributed by atoms with Gasteiger partial charge in [0.05, 0.1) is 12.7 Å². The SMILES string of the molecule is Cc1ccc(-c2ccc(C(=O)N(C)CC(O)CO)cc2)cc1Cl. The van der Waals surface area contributed by atoms with E-state index in [1.165, 1.54) is 4.90 Å². The number of nitrogens with zero attached hydrogens (tertiary/aromatic N) is 1. The van der Waals surface area contributed by atoms with E-state index in [9.17, 15) is 9.90 Å². The van der Waals surface area contributed by atoms with Gasteiger partial charge in [-0.1, -0.05) is 35.9 Å². The number of hydrogen-bond donors (Lipinski definition) is 2. The summed E-state index contributed by atoms with van der Waals surface area (Å²) >= 11 is 6.14. The molecule has 2 aromatic rings. The van der Waals surface area contributed by atoms with Gasteiger partial charge in [-0.25, -0.2) is 0 Å². The zero-order chi connectivity index (χ0) is 17.0. The molecule has 0 fully saturated rings. The van der Waals surface area contributed by atoms with Gasteiger partial charge >= 0.3 is 0 Å². The number of aryl methyl sites for hydroxylation is 1. The molecule has 0 saturated carbocycles. The first-order valence-electron chi connectivity index (χ1n) is 7.33. The quantitative estimate of drug-likeness (QED) is 0.884. The molecule has 5 heteroatoms. The fraction of sp³-hybridized carbons (Fsp3) is 0.278. The number of benzene rings is 2. The van der Waals surface area contributed by atoms with Crippen LogP contribution in [0.15, 0.2) is 42.5 Å². The molecule has 2 N–H and O–H groups in total. The van der Waals surface area contributed by atoms with Crippen LogP contribution in [0.1, 0.15) is 15.9 Å². The molecule has 2 aromatic carbocycles. The molecule has 0 spiro atoms. The lowest BCUT2D eigenvalue weighted by atomic mass is 10.0. The molecule has 0 aliphatic rings. The Morgan fingerprint density at radius 3 is 2.35 bits per heavy atom. The summed E-state index contributed by atoms with van der Waals surface area (Å²) in [5, 5.41) is 19.0. The van der Waals surface area contributed by atoms with Crippen LogP contribution >= 0.6 is 11.6 Å². The summed E-state index contributed by atoms with van der Waals surface area (Å²) < 4.78 is 0. The van der Waals surface area contributed by atoms with Gasteiger partial charge in [-0.05, 0) is 41.8 Å². The maximum Gasteiger partial charge on any atom is 0.253 e. The maximum absolute atomic E-state index is 12.3. The van der Waals surface area contributed by atoms with Gasteiger partial charge in [-0.2, -0.15) is 0 Å². The summed E-state index contributed by atoms with van der Waals surface area (Å²) in [4.78, 5) is 13.6. The van der Waals surface area contributed by atoms with Gasteiger partial charge in [0.2, 0.25) is 0 Å². The summed E-state index contributed by atoms with van der Waals surface area (Å²) in [6.07, 6.45) is -0.932. The molecule has 0 radical (unpaired) electrons. The van der Waals surface area contributed by atoms with Crippen molar-refractivity contribution < 1.29 is 15.0 Å². The van der Waals surface area contributed by atoms with Crippen LogP contribution < -0.4 is 0 Å². The van der Waals surface area contributed by atoms with Crippen LogP contribution in [0.2, 0.25) is 5.02 Å². The Morgan fingerprint density at radius 1 is 1.17 bits per heavy atom. The zero-order valence-electron chi connectivity index (χ0n) is 13.2. The lowest BCUT2D eigenvalue weighted by molar-refractivity contribution is 0.0520. The Morgan fingerprint density at radius 2 is 1.78 bits per heavy atom. The van der Waals surface area contributed by atoms with Gasteiger partial charge in [0.25, 0.3) is 5.91 Å². The number of likely N-dealkylation sites (N-methyl/N-ethyl adjacent to an activating group) is 1. The second-order valence-electron chi connectivity index (χ2n) is 5.56. The van der Waals surface area contributed by atoms with E-state index >= 15 is 0 Å². The third kappa shape index (κ3) is 4.32. The highest BCUT2D eigenvalue weighted by molar-refractivity contribution is 6.31. The highest BCUT2D eigenvalue weighted by atomic mass is 35.5. The van der Waals surface area contributed by atoms with Crippen molar-refractivity contribution in [2.45, 2.75) is 13.0 Å². The third-order valence-corrected chi connectivity index (χ3v) is 4.09. The molecule has 0 aliphatic carbocycles. The molecule has 0 saturated heterocycles. The predicted octanol–water partition coefficient (Wildman–Crippen LogP) is 2.74. The molecule has 0 aromatic heterocycles. The lowest BCUT2D eigenvalue weighted by Crippen LogP contribution is -2.35. The number of carbonyl (C=O) groups excluding carboxylic acids is 1. The number of rotatable bonds is 5. The smallest absolute Gasteiger partial charge is 0.253 e. The van der Waals surface area contributed by atoms with Gasteiger partial charge in [0, 0.05) is 24.2 Å². The molecular formula is C18H20ClNO3. The molecule has 23 heavy (non-hydrogen) atoms. The van der Waals surface area contributed by atoms with Crippen LogP contribution in [0, 0.1) is 6.92 Å². The standard InChI is InChI=1S/C18H20ClNO3/c1-12-3-4-15(9-17(12)19)13-5-7-14(8-6-13)18(23)20(2)10-16(22)11-21/h3-9,16,21-22H,10-11H2,1-2H3. The van der Waals surface area contributed by atoms with Crippen LogP contribution in [0.25, 0.3) is 11.1 Å². The molecule has 0 heterocycles. The van der Waals surface area contributed by atoms with Crippen molar-refractivity contribution >= 4 is 17.5 Å². The zero-order valence-corrected chi connectivity index (χ0v) is 13.9. The lowest BCUT2D eigenvalue weighted by Gasteiger charge is -2.19. The van der Waals surface area contributed by atoms with E-state index in [2.05, 4.69) is 0 Å². The van der Waals surface area contributed by atoms with Crippen LogP contribution in [-0.4, -0.2) is 47.3 Å². The number of halogens is 1. The summed E-state index contributed by atoms with van der Waals surface area (Å²) in [5.74, 6) is -0.203. The van der Waals surface area contributed by atoms with E-state index in [0.29, 0.717) is 10.6 Å². The van der Waals surface area contributed by atoms with Crippen molar-refractivity contribution in [2.24, 2.45) is 0 Å². The van der Waals surface area contributed by atoms with Gasteiger partial charge in [-0.3, -0.25) is 4.79 Å². The van der Waals surface area contributed by atoms with Gasteiger partial charge < -0.3 is 15.1 Å². The van der Waals surface area contributed by atoms with Crippen molar-refractivity contribution in [3.63, 3.8) is 0 Å². The average Bonchev–Trinajstić information content (AvgIpc) is 2.56. The molecule has 1 amide bonds. The molecule has 0 bridgehead atoms. The topological polar surface area (TPSA) is 60.8 Å². The van der Waals surface area contributed by atoms with E-state index in [4.69, 9.17) is 16.7 Å². The van der Waals surface area contributed by atoms with E-state index in [1.54, 1.807) is 19.2 Å². The predicted molar refractivity (Wildman–Crippen MR) is 91.7 cm³/mol. The first-order valence-corrected chi connectivity index (χ1v) is 7.71. The summed E-state index contributed by atoms with van der Waals surface area (Å²) in [6.45, 7) is 1.67. The van der Waals surface area contributed by atoms with Crippen LogP contribution in [-0.2, 0) is 0 Å². The van der Waals surface area contributed by atoms with Gasteiger partial charge in [0.1, 0.15) is 0 Å². The summed E-state index contributed by atoms with van der Waals surface area (Å²) in [6, 6.07) is 13.1. The van der Waals surface area contributed by atoms with Crippen LogP contribution in [0.4, 0.5) is 0 Å². The molecule has 0 aliphatic heterocycles. The number of aliphatic hydroxyl groups excluding tert-OH is 2. The average molecular weight is 334 g/mol. The highest BCUT2D eigenvalue weighted by Crippen LogP contribution is 2.25. The molecule has 1 unspecified atom stereocenters. The highest BCUT2D eigenvalue weighted by Gasteiger charge is 2.15. The van der Waals surface area contributed by atoms with E-state index in [-0.39, 0.29) is 19.1 Å². The minimum atomic E-state index is -0.932. The second-order valence-corrected chi connectivity index (χ2v) is 5.97. The molecule has 122 valence electrons. The van der Waals surface area contributed by atoms with Crippen molar-refractivity contribution in [3.05, 3.63) is 58.6 Å². The van der Waals surface area contributed by atoms with Crippen LogP contribution in [0.3, 0.4) is 0 Å². The van der Waals surface area contributed by atoms with E-state index in [0.717, 1.165) is 16.7 Å². The largest absolute Gasteiger partial charge is 0.394 e. The molecule has 2 rings (SSSR count). The Kier molecular flexibility index (Phi) is 5.77. The number of hydrogen-bond acceptors (Lipinski definition) is 3. The third-order valence-electron chi connectivity index (χ3n) is 3.68. The number of carbonyl (C=O) groups is 1. The molecular weight excluding hydrogens is 314 g/mol. The van der Waals surface area contributed by atoms with Gasteiger partial charge in [0.15, 0.2) is 0 Å². The fourth-order valence-corrected chi connectivity index (χ4v) is 2.44. The molecule has 4 nitrogen and oxygen atoms in total. The second kappa shape index (κ2) is 7.59. The minimum Gasteiger partial charge on any atom is -0.394 e. The summed E-state index contributed by atoms with van der Waals surface area (Å²) in [7, 11) is 1.59. The fourth-order valence-electron chi connectivity index (χ4n) is 2.25. The first kappa shape index (κ1) is 17.5. The van der Waals surface area contributed by atoms with Crippen molar-refractivity contribution in [2.75, 3.05) is 20.2 Å². The van der Waals surface area contributed by atoms with E-state index in [1.807, 2.05) is 37.3 Å². The van der Waals surface area contributed by atoms with Crippen molar-refractivity contribution in [1.82, 2.24) is 4.90 Å². The first-order chi connectivity index (χ1) is 10.9. The maximum atomic E-state index is 12.3. The van der Waals surface area contributed by atoms with Crippen molar-refractivity contribution in [3.8, 4) is 11.1 Å². The molecule has 1 atom stereocenters. The normalized spacial score (nSPS) is 12.0. The Bertz CT molecular complexity index is 685. The number of aliphatic hydroxyl groups is 2. The monoisotopic (exact) mass is 333 g/mol. The number of amides is 1. The minimum absolute atomic E-state index is 0.0880. The Balaban J connectivity index is 2.15. The van der Waals surface area contributed by atoms with Gasteiger partial charge in [-0.15, -0.1) is 0 Å².